The highest BCUT2D eigenvalue weighted by Gasteiger charge is 2.36. The Bertz CT molecular complexity index is 1580. The van der Waals surface area contributed by atoms with Gasteiger partial charge < -0.3 is 14.5 Å². The molecule has 2 aromatic carbocycles. The smallest absolute Gasteiger partial charge is 0.263 e. The van der Waals surface area contributed by atoms with Crippen molar-refractivity contribution in [2.75, 3.05) is 28.2 Å². The maximum absolute atomic E-state index is 13.9. The van der Waals surface area contributed by atoms with Crippen molar-refractivity contribution in [2.24, 2.45) is 0 Å². The van der Waals surface area contributed by atoms with E-state index in [1.54, 1.807) is 17.0 Å². The number of carbonyl (C=O) groups is 2. The first-order valence-corrected chi connectivity index (χ1v) is 13.7. The third kappa shape index (κ3) is 5.13. The standard InChI is InChI=1S/C26H22ClIN8O3/c1-14-10-22(39-23-12-19(28)16(11-18(23)27)24(37)30-26-31-33-34-32-26)17(13-29-14)25(38)36-9-8-35(15-6-7-15)20-4-2-3-5-21(20)36/h2-5,10-13,15H,6-9H2,1H3,(H2,30,31,32,33,34,37). The van der Waals surface area contributed by atoms with Crippen LogP contribution >= 0.6 is 34.2 Å². The number of nitrogens with one attached hydrogen (secondary N) is 2. The number of halogens is 2. The number of para-hydroxylation sites is 2. The van der Waals surface area contributed by atoms with Gasteiger partial charge in [-0.1, -0.05) is 28.8 Å². The SMILES string of the molecule is Cc1cc(Oc2cc(I)c(C(=O)Nc3nnn[nH]3)cc2Cl)c(C(=O)N2CCN(C3CC3)c3ccccc32)cn1. The molecule has 0 atom stereocenters. The normalized spacial score (nSPS) is 14.6. The number of nitrogens with zero attached hydrogens (tertiary/aromatic N) is 6. The van der Waals surface area contributed by atoms with Crippen LogP contribution in [0.4, 0.5) is 17.3 Å². The minimum Gasteiger partial charge on any atom is -0.455 e. The molecule has 1 saturated carbocycles. The largest absolute Gasteiger partial charge is 0.455 e. The molecule has 2 N–H and O–H groups in total. The fourth-order valence-electron chi connectivity index (χ4n) is 4.57. The molecule has 1 aliphatic carbocycles. The molecular formula is C26H22ClIN8O3. The molecular weight excluding hydrogens is 635 g/mol. The fraction of sp³-hybridized carbons (Fsp3) is 0.231. The van der Waals surface area contributed by atoms with Gasteiger partial charge in [0.2, 0.25) is 5.95 Å². The Balaban J connectivity index is 1.29. The van der Waals surface area contributed by atoms with Crippen molar-refractivity contribution in [3.8, 4) is 11.5 Å². The molecule has 2 amide bonds. The number of H-pyrrole nitrogens is 1. The number of hydrogen-bond donors (Lipinski definition) is 2. The van der Waals surface area contributed by atoms with Crippen LogP contribution < -0.4 is 19.9 Å². The minimum absolute atomic E-state index is 0.113. The van der Waals surface area contributed by atoms with Gasteiger partial charge in [0, 0.05) is 40.7 Å². The van der Waals surface area contributed by atoms with E-state index in [9.17, 15) is 9.59 Å². The quantitative estimate of drug-likeness (QED) is 0.283. The molecule has 0 unspecified atom stereocenters. The van der Waals surface area contributed by atoms with Crippen molar-refractivity contribution in [1.29, 1.82) is 0 Å². The highest BCUT2D eigenvalue weighted by Crippen LogP contribution is 2.41. The lowest BCUT2D eigenvalue weighted by atomic mass is 10.1. The van der Waals surface area contributed by atoms with E-state index in [-0.39, 0.29) is 16.9 Å². The zero-order valence-electron chi connectivity index (χ0n) is 20.7. The van der Waals surface area contributed by atoms with Crippen LogP contribution in [-0.2, 0) is 0 Å². The lowest BCUT2D eigenvalue weighted by molar-refractivity contribution is 0.0982. The number of anilines is 3. The van der Waals surface area contributed by atoms with E-state index in [1.165, 1.54) is 25.1 Å². The summed E-state index contributed by atoms with van der Waals surface area (Å²) in [6.45, 7) is 3.14. The molecule has 0 radical (unpaired) electrons. The van der Waals surface area contributed by atoms with Crippen molar-refractivity contribution in [1.82, 2.24) is 25.6 Å². The Morgan fingerprint density at radius 2 is 1.90 bits per heavy atom. The van der Waals surface area contributed by atoms with Crippen LogP contribution in [0, 0.1) is 10.5 Å². The van der Waals surface area contributed by atoms with Gasteiger partial charge in [0.15, 0.2) is 0 Å². The number of hydrogen-bond acceptors (Lipinski definition) is 8. The second kappa shape index (κ2) is 10.4. The van der Waals surface area contributed by atoms with E-state index in [0.717, 1.165) is 17.9 Å². The molecule has 1 fully saturated rings. The molecule has 2 aliphatic rings. The van der Waals surface area contributed by atoms with Gasteiger partial charge in [0.05, 0.1) is 22.0 Å². The lowest BCUT2D eigenvalue weighted by Gasteiger charge is -2.38. The number of carbonyl (C=O) groups excluding carboxylic acids is 2. The third-order valence-electron chi connectivity index (χ3n) is 6.58. The van der Waals surface area contributed by atoms with E-state index in [2.05, 4.69) is 41.9 Å². The number of pyridine rings is 1. The first-order valence-electron chi connectivity index (χ1n) is 12.2. The number of tetrazole rings is 1. The number of amides is 2. The van der Waals surface area contributed by atoms with Crippen LogP contribution in [-0.4, -0.2) is 56.6 Å². The van der Waals surface area contributed by atoms with Crippen LogP contribution in [0.5, 0.6) is 11.5 Å². The molecule has 0 bridgehead atoms. The first-order chi connectivity index (χ1) is 18.9. The summed E-state index contributed by atoms with van der Waals surface area (Å²) >= 11 is 8.57. The average molecular weight is 657 g/mol. The van der Waals surface area contributed by atoms with Gasteiger partial charge in [-0.15, -0.1) is 0 Å². The van der Waals surface area contributed by atoms with E-state index in [0.29, 0.717) is 44.5 Å². The Morgan fingerprint density at radius 3 is 2.64 bits per heavy atom. The molecule has 13 heteroatoms. The van der Waals surface area contributed by atoms with Crippen LogP contribution in [0.2, 0.25) is 5.02 Å². The molecule has 11 nitrogen and oxygen atoms in total. The van der Waals surface area contributed by atoms with Crippen LogP contribution in [0.25, 0.3) is 0 Å². The van der Waals surface area contributed by atoms with Crippen molar-refractivity contribution in [3.63, 3.8) is 0 Å². The summed E-state index contributed by atoms with van der Waals surface area (Å²) in [6.07, 6.45) is 3.90. The lowest BCUT2D eigenvalue weighted by Crippen LogP contribution is -2.45. The number of benzene rings is 2. The van der Waals surface area contributed by atoms with Gasteiger partial charge in [-0.2, -0.15) is 0 Å². The van der Waals surface area contributed by atoms with E-state index in [1.807, 2.05) is 47.7 Å². The van der Waals surface area contributed by atoms with E-state index >= 15 is 0 Å². The number of ether oxygens (including phenoxy) is 1. The zero-order chi connectivity index (χ0) is 27.1. The monoisotopic (exact) mass is 656 g/mol. The van der Waals surface area contributed by atoms with E-state index in [4.69, 9.17) is 16.3 Å². The third-order valence-corrected chi connectivity index (χ3v) is 7.76. The van der Waals surface area contributed by atoms with Gasteiger partial charge in [-0.3, -0.25) is 19.9 Å². The maximum atomic E-state index is 13.9. The van der Waals surface area contributed by atoms with Gasteiger partial charge in [-0.05, 0) is 77.0 Å². The molecule has 0 spiro atoms. The molecule has 4 aromatic rings. The molecule has 2 aromatic heterocycles. The first kappa shape index (κ1) is 25.5. The fourth-order valence-corrected chi connectivity index (χ4v) is 5.46. The molecule has 6 rings (SSSR count). The van der Waals surface area contributed by atoms with Crippen molar-refractivity contribution in [2.45, 2.75) is 25.8 Å². The van der Waals surface area contributed by atoms with Crippen LogP contribution in [0.3, 0.4) is 0 Å². The summed E-state index contributed by atoms with van der Waals surface area (Å²) in [7, 11) is 0. The summed E-state index contributed by atoms with van der Waals surface area (Å²) in [4.78, 5) is 35.1. The number of aryl methyl sites for hydroxylation is 1. The van der Waals surface area contributed by atoms with Crippen molar-refractivity contribution >= 4 is 63.3 Å². The number of aromatic amines is 1. The highest BCUT2D eigenvalue weighted by molar-refractivity contribution is 14.1. The average Bonchev–Trinajstić information content (AvgIpc) is 3.65. The van der Waals surface area contributed by atoms with E-state index < -0.39 is 5.91 Å². The van der Waals surface area contributed by atoms with Gasteiger partial charge >= 0.3 is 0 Å². The summed E-state index contributed by atoms with van der Waals surface area (Å²) in [5.74, 6) is 0.103. The number of rotatable bonds is 6. The molecule has 0 saturated heterocycles. The number of aromatic nitrogens is 5. The van der Waals surface area contributed by atoms with Crippen molar-refractivity contribution in [3.05, 3.63) is 74.1 Å². The Labute approximate surface area is 242 Å². The topological polar surface area (TPSA) is 129 Å². The Kier molecular flexibility index (Phi) is 6.81. The second-order valence-corrected chi connectivity index (χ2v) is 10.8. The minimum atomic E-state index is -0.439. The molecule has 3 heterocycles. The van der Waals surface area contributed by atoms with Gasteiger partial charge in [0.1, 0.15) is 17.1 Å². The molecule has 1 aliphatic heterocycles. The summed E-state index contributed by atoms with van der Waals surface area (Å²) in [5, 5.41) is 15.8. The van der Waals surface area contributed by atoms with Crippen molar-refractivity contribution < 1.29 is 14.3 Å². The molecule has 39 heavy (non-hydrogen) atoms. The highest BCUT2D eigenvalue weighted by atomic mass is 127. The summed E-state index contributed by atoms with van der Waals surface area (Å²) in [5.41, 5.74) is 3.26. The predicted octanol–water partition coefficient (Wildman–Crippen LogP) is 4.83. The van der Waals surface area contributed by atoms with Crippen LogP contribution in [0.1, 0.15) is 39.3 Å². The second-order valence-electron chi connectivity index (χ2n) is 9.26. The summed E-state index contributed by atoms with van der Waals surface area (Å²) in [6, 6.07) is 13.4. The predicted molar refractivity (Wildman–Crippen MR) is 154 cm³/mol. The van der Waals surface area contributed by atoms with Crippen LogP contribution in [0.15, 0.2) is 48.7 Å². The van der Waals surface area contributed by atoms with Gasteiger partial charge in [-0.25, -0.2) is 5.10 Å². The zero-order valence-corrected chi connectivity index (χ0v) is 23.6. The maximum Gasteiger partial charge on any atom is 0.263 e. The Hall–Kier alpha value is -3.78. The summed E-state index contributed by atoms with van der Waals surface area (Å²) < 4.78 is 6.79. The number of fused-ring (bicyclic) bond motifs is 1. The molecule has 198 valence electrons. The van der Waals surface area contributed by atoms with Gasteiger partial charge in [0.25, 0.3) is 11.8 Å². The Morgan fingerprint density at radius 1 is 1.10 bits per heavy atom.